The maximum atomic E-state index is 13.3. The van der Waals surface area contributed by atoms with E-state index in [4.69, 9.17) is 0 Å². The fraction of sp³-hybridized carbons (Fsp3) is 0.381. The topological polar surface area (TPSA) is 78.5 Å². The van der Waals surface area contributed by atoms with Crippen molar-refractivity contribution >= 4 is 27.3 Å². The monoisotopic (exact) mass is 439 g/mol. The van der Waals surface area contributed by atoms with Gasteiger partial charge in [-0.05, 0) is 49.2 Å². The molecule has 0 radical (unpaired) electrons. The summed E-state index contributed by atoms with van der Waals surface area (Å²) in [6.45, 7) is 6.66. The largest absolute Gasteiger partial charge is 0.384 e. The first-order valence-electron chi connectivity index (χ1n) is 9.84. The van der Waals surface area contributed by atoms with Gasteiger partial charge in [0.05, 0.1) is 16.3 Å². The zero-order chi connectivity index (χ0) is 22.3. The number of nitrogens with one attached hydrogen (secondary N) is 2. The highest BCUT2D eigenvalue weighted by molar-refractivity contribution is 7.89. The number of nitrogens with zero attached hydrogens (tertiary/aromatic N) is 1. The van der Waals surface area contributed by atoms with Crippen molar-refractivity contribution in [3.8, 4) is 0 Å². The van der Waals surface area contributed by atoms with Gasteiger partial charge in [-0.3, -0.25) is 4.79 Å². The first-order chi connectivity index (χ1) is 14.2. The Morgan fingerprint density at radius 2 is 1.67 bits per heavy atom. The summed E-state index contributed by atoms with van der Waals surface area (Å²) in [4.78, 5) is 12.5. The number of hydrogen-bond acceptors (Lipinski definition) is 4. The van der Waals surface area contributed by atoms with Crippen LogP contribution in [0.4, 0.5) is 20.2 Å². The Labute approximate surface area is 176 Å². The van der Waals surface area contributed by atoms with E-state index >= 15 is 0 Å². The zero-order valence-electron chi connectivity index (χ0n) is 17.3. The second kappa shape index (κ2) is 10.5. The van der Waals surface area contributed by atoms with Crippen LogP contribution >= 0.6 is 0 Å². The molecule has 2 rings (SSSR count). The van der Waals surface area contributed by atoms with Crippen LogP contribution in [0.5, 0.6) is 0 Å². The molecule has 0 unspecified atom stereocenters. The number of sulfonamides is 1. The third kappa shape index (κ3) is 5.76. The van der Waals surface area contributed by atoms with Gasteiger partial charge in [-0.25, -0.2) is 17.2 Å². The van der Waals surface area contributed by atoms with E-state index in [2.05, 4.69) is 10.6 Å². The van der Waals surface area contributed by atoms with Crippen molar-refractivity contribution in [2.75, 3.05) is 30.3 Å². The van der Waals surface area contributed by atoms with Crippen LogP contribution in [0, 0.1) is 11.6 Å². The Hall–Kier alpha value is -2.52. The minimum atomic E-state index is -3.68. The molecule has 2 aromatic rings. The summed E-state index contributed by atoms with van der Waals surface area (Å²) in [5, 5.41) is 5.82. The minimum Gasteiger partial charge on any atom is -0.384 e. The summed E-state index contributed by atoms with van der Waals surface area (Å²) in [7, 11) is -3.68. The Balaban J connectivity index is 2.21. The van der Waals surface area contributed by atoms with Crippen molar-refractivity contribution in [3.05, 3.63) is 53.6 Å². The standard InChI is InChI=1S/C21H27F2N3O3S/c1-4-24-19-11-9-16(30(28,29)26(5-2)6-3)14-20(19)25-21(27)12-8-15-7-10-17(22)18(23)13-15/h7,9-11,13-14,24H,4-6,8,12H2,1-3H3,(H,25,27). The van der Waals surface area contributed by atoms with Gasteiger partial charge < -0.3 is 10.6 Å². The molecule has 0 aromatic heterocycles. The van der Waals surface area contributed by atoms with E-state index in [1.54, 1.807) is 19.9 Å². The van der Waals surface area contributed by atoms with Gasteiger partial charge in [0.2, 0.25) is 15.9 Å². The van der Waals surface area contributed by atoms with Gasteiger partial charge in [-0.2, -0.15) is 4.31 Å². The SMILES string of the molecule is CCNc1ccc(S(=O)(=O)N(CC)CC)cc1NC(=O)CCc1ccc(F)c(F)c1. The summed E-state index contributed by atoms with van der Waals surface area (Å²) in [6.07, 6.45) is 0.251. The predicted octanol–water partition coefficient (Wildman–Crippen LogP) is 4.00. The number of anilines is 2. The lowest BCUT2D eigenvalue weighted by molar-refractivity contribution is -0.116. The van der Waals surface area contributed by atoms with Crippen molar-refractivity contribution in [2.45, 2.75) is 38.5 Å². The molecule has 2 N–H and O–H groups in total. The van der Waals surface area contributed by atoms with Crippen LogP contribution in [0.2, 0.25) is 0 Å². The summed E-state index contributed by atoms with van der Waals surface area (Å²) in [5.74, 6) is -2.27. The molecule has 0 fully saturated rings. The molecule has 0 aliphatic heterocycles. The zero-order valence-corrected chi connectivity index (χ0v) is 18.2. The summed E-state index contributed by atoms with van der Waals surface area (Å²) in [6, 6.07) is 8.05. The number of amides is 1. The molecular weight excluding hydrogens is 412 g/mol. The van der Waals surface area contributed by atoms with Gasteiger partial charge in [0.15, 0.2) is 11.6 Å². The highest BCUT2D eigenvalue weighted by Gasteiger charge is 2.23. The van der Waals surface area contributed by atoms with Gasteiger partial charge in [0, 0.05) is 26.1 Å². The molecule has 0 spiro atoms. The predicted molar refractivity (Wildman–Crippen MR) is 114 cm³/mol. The van der Waals surface area contributed by atoms with E-state index in [1.807, 2.05) is 6.92 Å². The third-order valence-electron chi connectivity index (χ3n) is 4.60. The third-order valence-corrected chi connectivity index (χ3v) is 6.65. The van der Waals surface area contributed by atoms with Crippen molar-refractivity contribution in [1.82, 2.24) is 4.31 Å². The summed E-state index contributed by atoms with van der Waals surface area (Å²) < 4.78 is 53.3. The molecule has 6 nitrogen and oxygen atoms in total. The molecule has 9 heteroatoms. The van der Waals surface area contributed by atoms with E-state index in [-0.39, 0.29) is 23.6 Å². The van der Waals surface area contributed by atoms with Crippen molar-refractivity contribution in [2.24, 2.45) is 0 Å². The molecule has 0 heterocycles. The lowest BCUT2D eigenvalue weighted by atomic mass is 10.1. The van der Waals surface area contributed by atoms with Gasteiger partial charge in [-0.1, -0.05) is 19.9 Å². The van der Waals surface area contributed by atoms with Crippen LogP contribution in [0.1, 0.15) is 32.8 Å². The molecule has 164 valence electrons. The average Bonchev–Trinajstić information content (AvgIpc) is 2.71. The fourth-order valence-electron chi connectivity index (χ4n) is 3.01. The number of benzene rings is 2. The number of rotatable bonds is 10. The van der Waals surface area contributed by atoms with E-state index in [0.717, 1.165) is 12.1 Å². The first-order valence-corrected chi connectivity index (χ1v) is 11.3. The first kappa shape index (κ1) is 23.8. The summed E-state index contributed by atoms with van der Waals surface area (Å²) >= 11 is 0. The average molecular weight is 440 g/mol. The Kier molecular flexibility index (Phi) is 8.31. The van der Waals surface area contributed by atoms with E-state index < -0.39 is 21.7 Å². The van der Waals surface area contributed by atoms with Crippen molar-refractivity contribution < 1.29 is 22.0 Å². The quantitative estimate of drug-likeness (QED) is 0.587. The molecule has 1 amide bonds. The molecule has 2 aromatic carbocycles. The van der Waals surface area contributed by atoms with Gasteiger partial charge in [0.25, 0.3) is 0 Å². The van der Waals surface area contributed by atoms with Gasteiger partial charge in [0.1, 0.15) is 0 Å². The number of carbonyl (C=O) groups is 1. The van der Waals surface area contributed by atoms with Crippen LogP contribution in [0.15, 0.2) is 41.3 Å². The second-order valence-electron chi connectivity index (χ2n) is 6.62. The molecule has 0 saturated carbocycles. The minimum absolute atomic E-state index is 0.0314. The van der Waals surface area contributed by atoms with Crippen LogP contribution in [0.25, 0.3) is 0 Å². The second-order valence-corrected chi connectivity index (χ2v) is 8.56. The lowest BCUT2D eigenvalue weighted by Crippen LogP contribution is -2.30. The number of aryl methyl sites for hydroxylation is 1. The highest BCUT2D eigenvalue weighted by Crippen LogP contribution is 2.27. The van der Waals surface area contributed by atoms with Crippen LogP contribution in [-0.4, -0.2) is 38.3 Å². The normalized spacial score (nSPS) is 11.5. The molecule has 0 atom stereocenters. The Morgan fingerprint density at radius 1 is 0.967 bits per heavy atom. The van der Waals surface area contributed by atoms with Gasteiger partial charge >= 0.3 is 0 Å². The maximum absolute atomic E-state index is 13.3. The summed E-state index contributed by atoms with van der Waals surface area (Å²) in [5.41, 5.74) is 1.44. The fourth-order valence-corrected chi connectivity index (χ4v) is 4.49. The molecule has 0 aliphatic rings. The lowest BCUT2D eigenvalue weighted by Gasteiger charge is -2.20. The van der Waals surface area contributed by atoms with Crippen LogP contribution in [0.3, 0.4) is 0 Å². The van der Waals surface area contributed by atoms with E-state index in [0.29, 0.717) is 36.6 Å². The van der Waals surface area contributed by atoms with Crippen molar-refractivity contribution in [3.63, 3.8) is 0 Å². The number of carbonyl (C=O) groups excluding carboxylic acids is 1. The van der Waals surface area contributed by atoms with Gasteiger partial charge in [-0.15, -0.1) is 0 Å². The Bertz CT molecular complexity index is 993. The molecule has 0 aliphatic carbocycles. The van der Waals surface area contributed by atoms with E-state index in [1.165, 1.54) is 22.5 Å². The highest BCUT2D eigenvalue weighted by atomic mass is 32.2. The van der Waals surface area contributed by atoms with E-state index in [9.17, 15) is 22.0 Å². The number of halogens is 2. The smallest absolute Gasteiger partial charge is 0.243 e. The van der Waals surface area contributed by atoms with Crippen LogP contribution in [-0.2, 0) is 21.2 Å². The molecule has 0 saturated heterocycles. The van der Waals surface area contributed by atoms with Crippen molar-refractivity contribution in [1.29, 1.82) is 0 Å². The number of hydrogen-bond donors (Lipinski definition) is 2. The molecule has 30 heavy (non-hydrogen) atoms. The molecular formula is C21H27F2N3O3S. The Morgan fingerprint density at radius 3 is 2.27 bits per heavy atom. The molecule has 0 bridgehead atoms. The maximum Gasteiger partial charge on any atom is 0.243 e. The van der Waals surface area contributed by atoms with Crippen LogP contribution < -0.4 is 10.6 Å².